The first-order valence-corrected chi connectivity index (χ1v) is 7.57. The van der Waals surface area contributed by atoms with Gasteiger partial charge in [-0.2, -0.15) is 15.0 Å². The molecule has 3 aromatic rings. The Bertz CT molecular complexity index is 931. The molecule has 0 saturated carbocycles. The molecule has 0 amide bonds. The molecule has 0 aliphatic rings. The SMILES string of the molecule is Cc1ccc(Nc2nc(N)nc(COc3cccnc3[N+](=O)[O-])n2)cc1. The van der Waals surface area contributed by atoms with Gasteiger partial charge in [0.2, 0.25) is 17.6 Å². The second-order valence-corrected chi connectivity index (χ2v) is 5.30. The lowest BCUT2D eigenvalue weighted by molar-refractivity contribution is -0.390. The number of nitro groups is 1. The fraction of sp³-hybridized carbons (Fsp3) is 0.125. The number of hydrogen-bond acceptors (Lipinski definition) is 9. The van der Waals surface area contributed by atoms with E-state index >= 15 is 0 Å². The summed E-state index contributed by atoms with van der Waals surface area (Å²) in [7, 11) is 0. The van der Waals surface area contributed by atoms with Gasteiger partial charge in [0.15, 0.2) is 5.82 Å². The van der Waals surface area contributed by atoms with Crippen LogP contribution >= 0.6 is 0 Å². The summed E-state index contributed by atoms with van der Waals surface area (Å²) in [5.74, 6) is 0.122. The van der Waals surface area contributed by atoms with Crippen LogP contribution in [-0.2, 0) is 6.61 Å². The number of pyridine rings is 1. The number of aromatic nitrogens is 4. The van der Waals surface area contributed by atoms with Crippen molar-refractivity contribution in [3.63, 3.8) is 0 Å². The summed E-state index contributed by atoms with van der Waals surface area (Å²) in [5.41, 5.74) is 7.62. The van der Waals surface area contributed by atoms with Crippen LogP contribution in [-0.4, -0.2) is 24.9 Å². The zero-order chi connectivity index (χ0) is 18.5. The van der Waals surface area contributed by atoms with Gasteiger partial charge in [-0.05, 0) is 41.1 Å². The highest BCUT2D eigenvalue weighted by Crippen LogP contribution is 2.23. The number of nitrogen functional groups attached to an aromatic ring is 1. The zero-order valence-corrected chi connectivity index (χ0v) is 13.8. The lowest BCUT2D eigenvalue weighted by Gasteiger charge is -2.09. The molecule has 2 aromatic heterocycles. The first kappa shape index (κ1) is 17.0. The van der Waals surface area contributed by atoms with E-state index in [2.05, 4.69) is 25.3 Å². The van der Waals surface area contributed by atoms with E-state index in [0.29, 0.717) is 0 Å². The minimum Gasteiger partial charge on any atom is -0.477 e. The van der Waals surface area contributed by atoms with Crippen molar-refractivity contribution in [1.29, 1.82) is 0 Å². The number of anilines is 3. The van der Waals surface area contributed by atoms with Crippen molar-refractivity contribution in [2.75, 3.05) is 11.1 Å². The summed E-state index contributed by atoms with van der Waals surface area (Å²) in [6.07, 6.45) is 1.31. The highest BCUT2D eigenvalue weighted by Gasteiger charge is 2.16. The van der Waals surface area contributed by atoms with E-state index in [1.54, 1.807) is 0 Å². The normalized spacial score (nSPS) is 10.3. The van der Waals surface area contributed by atoms with Gasteiger partial charge in [-0.15, -0.1) is 0 Å². The molecule has 0 spiro atoms. The molecular formula is C16H15N7O3. The van der Waals surface area contributed by atoms with Crippen LogP contribution in [0.1, 0.15) is 11.4 Å². The lowest BCUT2D eigenvalue weighted by atomic mass is 10.2. The van der Waals surface area contributed by atoms with Crippen molar-refractivity contribution in [2.24, 2.45) is 0 Å². The van der Waals surface area contributed by atoms with Crippen LogP contribution in [0.15, 0.2) is 42.6 Å². The molecule has 10 nitrogen and oxygen atoms in total. The number of nitrogens with two attached hydrogens (primary N) is 1. The lowest BCUT2D eigenvalue weighted by Crippen LogP contribution is -2.10. The molecule has 0 aliphatic heterocycles. The van der Waals surface area contributed by atoms with Gasteiger partial charge in [0.05, 0.1) is 0 Å². The highest BCUT2D eigenvalue weighted by molar-refractivity contribution is 5.54. The van der Waals surface area contributed by atoms with E-state index in [-0.39, 0.29) is 35.9 Å². The fourth-order valence-electron chi connectivity index (χ4n) is 2.10. The summed E-state index contributed by atoms with van der Waals surface area (Å²) in [4.78, 5) is 26.2. The van der Waals surface area contributed by atoms with E-state index in [0.717, 1.165) is 11.3 Å². The van der Waals surface area contributed by atoms with Crippen LogP contribution in [0.4, 0.5) is 23.4 Å². The van der Waals surface area contributed by atoms with Crippen LogP contribution in [0.3, 0.4) is 0 Å². The van der Waals surface area contributed by atoms with Gasteiger partial charge < -0.3 is 25.9 Å². The highest BCUT2D eigenvalue weighted by atomic mass is 16.6. The Kier molecular flexibility index (Phi) is 4.83. The van der Waals surface area contributed by atoms with Gasteiger partial charge in [0.25, 0.3) is 0 Å². The van der Waals surface area contributed by atoms with Crippen LogP contribution in [0, 0.1) is 17.0 Å². The molecule has 26 heavy (non-hydrogen) atoms. The minimum absolute atomic E-state index is 0.00824. The van der Waals surface area contributed by atoms with Crippen molar-refractivity contribution in [2.45, 2.75) is 13.5 Å². The van der Waals surface area contributed by atoms with Crippen molar-refractivity contribution in [3.8, 4) is 5.75 Å². The van der Waals surface area contributed by atoms with Crippen molar-refractivity contribution in [3.05, 3.63) is 64.1 Å². The first-order chi connectivity index (χ1) is 12.5. The van der Waals surface area contributed by atoms with Gasteiger partial charge in [0.1, 0.15) is 12.8 Å². The van der Waals surface area contributed by atoms with Crippen LogP contribution in [0.5, 0.6) is 5.75 Å². The number of hydrogen-bond donors (Lipinski definition) is 2. The predicted octanol–water partition coefficient (Wildman–Crippen LogP) is 2.39. The van der Waals surface area contributed by atoms with E-state index < -0.39 is 4.92 Å². The number of aryl methyl sites for hydroxylation is 1. The Morgan fingerprint density at radius 1 is 1.19 bits per heavy atom. The Hall–Kier alpha value is -3.82. The Labute approximate surface area is 148 Å². The van der Waals surface area contributed by atoms with Crippen LogP contribution < -0.4 is 15.8 Å². The monoisotopic (exact) mass is 353 g/mol. The zero-order valence-electron chi connectivity index (χ0n) is 13.8. The molecule has 3 N–H and O–H groups in total. The van der Waals surface area contributed by atoms with Crippen LogP contribution in [0.2, 0.25) is 0 Å². The average Bonchev–Trinajstić information content (AvgIpc) is 2.62. The van der Waals surface area contributed by atoms with Gasteiger partial charge in [-0.3, -0.25) is 0 Å². The molecule has 10 heteroatoms. The molecule has 0 saturated heterocycles. The fourth-order valence-corrected chi connectivity index (χ4v) is 2.10. The quantitative estimate of drug-likeness (QED) is 0.504. The minimum atomic E-state index is -0.624. The van der Waals surface area contributed by atoms with E-state index in [1.165, 1.54) is 18.3 Å². The number of nitrogens with one attached hydrogen (secondary N) is 1. The van der Waals surface area contributed by atoms with Gasteiger partial charge >= 0.3 is 5.82 Å². The summed E-state index contributed by atoms with van der Waals surface area (Å²) < 4.78 is 5.42. The molecule has 2 heterocycles. The Morgan fingerprint density at radius 2 is 1.96 bits per heavy atom. The van der Waals surface area contributed by atoms with E-state index in [4.69, 9.17) is 10.5 Å². The predicted molar refractivity (Wildman–Crippen MR) is 93.9 cm³/mol. The third-order valence-electron chi connectivity index (χ3n) is 3.29. The smallest absolute Gasteiger partial charge is 0.406 e. The largest absolute Gasteiger partial charge is 0.477 e. The summed E-state index contributed by atoms with van der Waals surface area (Å²) in [5, 5.41) is 14.0. The topological polar surface area (TPSA) is 142 Å². The Morgan fingerprint density at radius 3 is 2.69 bits per heavy atom. The third kappa shape index (κ3) is 4.17. The molecule has 3 rings (SSSR count). The summed E-state index contributed by atoms with van der Waals surface area (Å²) >= 11 is 0. The second-order valence-electron chi connectivity index (χ2n) is 5.30. The van der Waals surface area contributed by atoms with Gasteiger partial charge in [-0.25, -0.2) is 0 Å². The van der Waals surface area contributed by atoms with Gasteiger partial charge in [-0.1, -0.05) is 17.7 Å². The number of nitrogens with zero attached hydrogens (tertiary/aromatic N) is 5. The van der Waals surface area contributed by atoms with Crippen molar-refractivity contribution in [1.82, 2.24) is 19.9 Å². The summed E-state index contributed by atoms with van der Waals surface area (Å²) in [6, 6.07) is 10.6. The molecule has 0 atom stereocenters. The van der Waals surface area contributed by atoms with Crippen LogP contribution in [0.25, 0.3) is 0 Å². The maximum absolute atomic E-state index is 11.0. The maximum atomic E-state index is 11.0. The van der Waals surface area contributed by atoms with E-state index in [1.807, 2.05) is 31.2 Å². The first-order valence-electron chi connectivity index (χ1n) is 7.57. The molecule has 0 radical (unpaired) electrons. The molecular weight excluding hydrogens is 338 g/mol. The molecule has 0 aliphatic carbocycles. The molecule has 0 unspecified atom stereocenters. The average molecular weight is 353 g/mol. The number of rotatable bonds is 6. The van der Waals surface area contributed by atoms with Crippen molar-refractivity contribution >= 4 is 23.4 Å². The standard InChI is InChI=1S/C16H15N7O3/c1-10-4-6-11(7-5-10)19-16-21-13(20-15(17)22-16)9-26-12-3-2-8-18-14(12)23(24)25/h2-8H,9H2,1H3,(H3,17,19,20,21,22). The molecule has 0 bridgehead atoms. The number of ether oxygens (including phenoxy) is 1. The summed E-state index contributed by atoms with van der Waals surface area (Å²) in [6.45, 7) is 1.86. The molecule has 132 valence electrons. The number of benzene rings is 1. The third-order valence-corrected chi connectivity index (χ3v) is 3.29. The maximum Gasteiger partial charge on any atom is 0.406 e. The Balaban J connectivity index is 1.76. The second kappa shape index (κ2) is 7.38. The molecule has 0 fully saturated rings. The molecule has 1 aromatic carbocycles. The van der Waals surface area contributed by atoms with Crippen molar-refractivity contribution < 1.29 is 9.66 Å². The van der Waals surface area contributed by atoms with Gasteiger partial charge in [0, 0.05) is 5.69 Å². The van der Waals surface area contributed by atoms with E-state index in [9.17, 15) is 10.1 Å².